The molecule has 2 aromatic carbocycles. The summed E-state index contributed by atoms with van der Waals surface area (Å²) in [5.41, 5.74) is 1.59. The van der Waals surface area contributed by atoms with Gasteiger partial charge in [0.15, 0.2) is 0 Å². The highest BCUT2D eigenvalue weighted by molar-refractivity contribution is 5.87. The van der Waals surface area contributed by atoms with Gasteiger partial charge in [0, 0.05) is 18.0 Å². The second-order valence-corrected chi connectivity index (χ2v) is 6.24. The molecule has 0 saturated heterocycles. The van der Waals surface area contributed by atoms with E-state index in [4.69, 9.17) is 0 Å². The van der Waals surface area contributed by atoms with Crippen molar-refractivity contribution in [2.45, 2.75) is 18.9 Å². The lowest BCUT2D eigenvalue weighted by Crippen LogP contribution is -2.23. The number of pyridine rings is 1. The van der Waals surface area contributed by atoms with E-state index in [1.807, 2.05) is 6.07 Å². The zero-order valence-electron chi connectivity index (χ0n) is 14.2. The highest BCUT2D eigenvalue weighted by Gasteiger charge is 2.13. The third kappa shape index (κ3) is 4.28. The number of phenols is 1. The SMILES string of the molecule is O=c1ccc2c(C(O)CNCCCc3cccc(F)c3)ccc(O)c2[nH]1. The van der Waals surface area contributed by atoms with Gasteiger partial charge < -0.3 is 20.5 Å². The molecule has 0 bridgehead atoms. The van der Waals surface area contributed by atoms with E-state index < -0.39 is 6.10 Å². The van der Waals surface area contributed by atoms with Crippen LogP contribution in [-0.2, 0) is 6.42 Å². The largest absolute Gasteiger partial charge is 0.506 e. The Labute approximate surface area is 150 Å². The van der Waals surface area contributed by atoms with Crippen LogP contribution in [0.4, 0.5) is 4.39 Å². The van der Waals surface area contributed by atoms with Gasteiger partial charge in [-0.2, -0.15) is 0 Å². The third-order valence-corrected chi connectivity index (χ3v) is 4.31. The molecule has 0 fully saturated rings. The number of aromatic hydroxyl groups is 1. The molecular weight excluding hydrogens is 335 g/mol. The molecule has 0 radical (unpaired) electrons. The molecule has 0 aliphatic rings. The average Bonchev–Trinajstić information content (AvgIpc) is 2.62. The van der Waals surface area contributed by atoms with Crippen molar-refractivity contribution in [3.63, 3.8) is 0 Å². The maximum absolute atomic E-state index is 13.1. The molecule has 0 amide bonds. The van der Waals surface area contributed by atoms with Crippen molar-refractivity contribution in [2.24, 2.45) is 0 Å². The lowest BCUT2D eigenvalue weighted by Gasteiger charge is -2.15. The lowest BCUT2D eigenvalue weighted by atomic mass is 10.0. The number of phenolic OH excluding ortho intramolecular Hbond substituents is 1. The highest BCUT2D eigenvalue weighted by Crippen LogP contribution is 2.28. The van der Waals surface area contributed by atoms with Gasteiger partial charge >= 0.3 is 0 Å². The van der Waals surface area contributed by atoms with Crippen LogP contribution in [0.3, 0.4) is 0 Å². The molecule has 3 rings (SSSR count). The van der Waals surface area contributed by atoms with E-state index in [9.17, 15) is 19.4 Å². The number of aliphatic hydroxyl groups excluding tert-OH is 1. The van der Waals surface area contributed by atoms with Gasteiger partial charge in [-0.3, -0.25) is 4.79 Å². The molecule has 5 nitrogen and oxygen atoms in total. The van der Waals surface area contributed by atoms with E-state index in [1.165, 1.54) is 24.3 Å². The Morgan fingerprint density at radius 2 is 2.00 bits per heavy atom. The van der Waals surface area contributed by atoms with Crippen LogP contribution in [0.25, 0.3) is 10.9 Å². The number of aromatic nitrogens is 1. The molecule has 1 aromatic heterocycles. The van der Waals surface area contributed by atoms with Crippen molar-refractivity contribution in [1.82, 2.24) is 10.3 Å². The van der Waals surface area contributed by atoms with Crippen molar-refractivity contribution in [3.05, 3.63) is 75.8 Å². The molecule has 3 aromatic rings. The van der Waals surface area contributed by atoms with Gasteiger partial charge in [-0.25, -0.2) is 4.39 Å². The smallest absolute Gasteiger partial charge is 0.248 e. The summed E-state index contributed by atoms with van der Waals surface area (Å²) in [7, 11) is 0. The standard InChI is InChI=1S/C20H21FN2O3/c21-14-5-1-3-13(11-14)4-2-10-22-12-18(25)15-6-8-17(24)20-16(15)7-9-19(26)23-20/h1,3,5-9,11,18,22,24-25H,2,4,10,12H2,(H,23,26). The summed E-state index contributed by atoms with van der Waals surface area (Å²) >= 11 is 0. The summed E-state index contributed by atoms with van der Waals surface area (Å²) in [6, 6.07) is 12.6. The van der Waals surface area contributed by atoms with Crippen LogP contribution in [0.2, 0.25) is 0 Å². The van der Waals surface area contributed by atoms with Gasteiger partial charge in [-0.1, -0.05) is 18.2 Å². The van der Waals surface area contributed by atoms with E-state index in [2.05, 4.69) is 10.3 Å². The molecule has 1 unspecified atom stereocenters. The van der Waals surface area contributed by atoms with Crippen molar-refractivity contribution < 1.29 is 14.6 Å². The van der Waals surface area contributed by atoms with Gasteiger partial charge in [0.25, 0.3) is 0 Å². The number of rotatable bonds is 7. The minimum absolute atomic E-state index is 0.0308. The van der Waals surface area contributed by atoms with Crippen LogP contribution in [0.15, 0.2) is 53.3 Å². The summed E-state index contributed by atoms with van der Waals surface area (Å²) < 4.78 is 13.1. The summed E-state index contributed by atoms with van der Waals surface area (Å²) in [5, 5.41) is 24.1. The van der Waals surface area contributed by atoms with Gasteiger partial charge in [0.1, 0.15) is 11.6 Å². The zero-order chi connectivity index (χ0) is 18.5. The summed E-state index contributed by atoms with van der Waals surface area (Å²) in [6.07, 6.45) is 0.794. The van der Waals surface area contributed by atoms with Crippen LogP contribution >= 0.6 is 0 Å². The Morgan fingerprint density at radius 1 is 1.15 bits per heavy atom. The number of fused-ring (bicyclic) bond motifs is 1. The first-order valence-corrected chi connectivity index (χ1v) is 8.53. The van der Waals surface area contributed by atoms with Crippen molar-refractivity contribution >= 4 is 10.9 Å². The van der Waals surface area contributed by atoms with Crippen LogP contribution < -0.4 is 10.9 Å². The molecule has 0 aliphatic heterocycles. The van der Waals surface area contributed by atoms with Crippen molar-refractivity contribution in [3.8, 4) is 5.75 Å². The summed E-state index contributed by atoms with van der Waals surface area (Å²) in [4.78, 5) is 14.0. The van der Waals surface area contributed by atoms with E-state index in [1.54, 1.807) is 18.2 Å². The second-order valence-electron chi connectivity index (χ2n) is 6.24. The third-order valence-electron chi connectivity index (χ3n) is 4.31. The minimum Gasteiger partial charge on any atom is -0.506 e. The molecule has 6 heteroatoms. The van der Waals surface area contributed by atoms with Crippen LogP contribution in [0, 0.1) is 5.82 Å². The fourth-order valence-electron chi connectivity index (χ4n) is 3.01. The molecular formula is C20H21FN2O3. The van der Waals surface area contributed by atoms with Gasteiger partial charge in [-0.05, 0) is 54.8 Å². The first-order chi connectivity index (χ1) is 12.5. The number of benzene rings is 2. The number of hydrogen-bond donors (Lipinski definition) is 4. The molecule has 1 atom stereocenters. The Kier molecular flexibility index (Phi) is 5.65. The normalized spacial score (nSPS) is 12.4. The number of H-pyrrole nitrogens is 1. The summed E-state index contributed by atoms with van der Waals surface area (Å²) in [6.45, 7) is 1.02. The number of aromatic amines is 1. The molecule has 1 heterocycles. The highest BCUT2D eigenvalue weighted by atomic mass is 19.1. The predicted molar refractivity (Wildman–Crippen MR) is 98.8 cm³/mol. The molecule has 0 saturated carbocycles. The molecule has 26 heavy (non-hydrogen) atoms. The monoisotopic (exact) mass is 356 g/mol. The first-order valence-electron chi connectivity index (χ1n) is 8.53. The summed E-state index contributed by atoms with van der Waals surface area (Å²) in [5.74, 6) is -0.264. The van der Waals surface area contributed by atoms with E-state index in [0.717, 1.165) is 18.4 Å². The second kappa shape index (κ2) is 8.12. The Balaban J connectivity index is 1.57. The number of aryl methyl sites for hydroxylation is 1. The van der Waals surface area contributed by atoms with Crippen LogP contribution in [0.5, 0.6) is 5.75 Å². The van der Waals surface area contributed by atoms with Crippen molar-refractivity contribution in [1.29, 1.82) is 0 Å². The fourth-order valence-corrected chi connectivity index (χ4v) is 3.01. The Morgan fingerprint density at radius 3 is 2.81 bits per heavy atom. The molecule has 136 valence electrons. The number of halogens is 1. The van der Waals surface area contributed by atoms with E-state index in [-0.39, 0.29) is 17.1 Å². The lowest BCUT2D eigenvalue weighted by molar-refractivity contribution is 0.176. The predicted octanol–water partition coefficient (Wildman–Crippen LogP) is 2.63. The quantitative estimate of drug-likeness (QED) is 0.490. The number of aliphatic hydroxyl groups is 1. The van der Waals surface area contributed by atoms with E-state index >= 15 is 0 Å². The van der Waals surface area contributed by atoms with Gasteiger partial charge in [0.2, 0.25) is 5.56 Å². The van der Waals surface area contributed by atoms with Crippen LogP contribution in [0.1, 0.15) is 23.7 Å². The number of hydrogen-bond acceptors (Lipinski definition) is 4. The molecule has 0 spiro atoms. The maximum Gasteiger partial charge on any atom is 0.248 e. The first kappa shape index (κ1) is 18.1. The molecule has 0 aliphatic carbocycles. The Bertz CT molecular complexity index is 955. The molecule has 4 N–H and O–H groups in total. The van der Waals surface area contributed by atoms with Gasteiger partial charge in [-0.15, -0.1) is 0 Å². The maximum atomic E-state index is 13.1. The van der Waals surface area contributed by atoms with Crippen LogP contribution in [-0.4, -0.2) is 28.3 Å². The number of nitrogens with one attached hydrogen (secondary N) is 2. The topological polar surface area (TPSA) is 85.3 Å². The minimum atomic E-state index is -0.779. The van der Waals surface area contributed by atoms with Crippen molar-refractivity contribution in [2.75, 3.05) is 13.1 Å². The zero-order valence-corrected chi connectivity index (χ0v) is 14.2. The fraction of sp³-hybridized carbons (Fsp3) is 0.250. The van der Waals surface area contributed by atoms with Gasteiger partial charge in [0.05, 0.1) is 11.6 Å². The average molecular weight is 356 g/mol. The Hall–Kier alpha value is -2.70. The van der Waals surface area contributed by atoms with E-state index in [0.29, 0.717) is 29.6 Å².